The molecule has 1 fully saturated rings. The number of ether oxygens (including phenoxy) is 1. The first-order valence-electron chi connectivity index (χ1n) is 5.46. The van der Waals surface area contributed by atoms with Crippen LogP contribution in [0.5, 0.6) is 0 Å². The van der Waals surface area contributed by atoms with E-state index < -0.39 is 0 Å². The Morgan fingerprint density at radius 2 is 2.13 bits per heavy atom. The Morgan fingerprint density at radius 1 is 1.33 bits per heavy atom. The van der Waals surface area contributed by atoms with Gasteiger partial charge in [-0.25, -0.2) is 0 Å². The summed E-state index contributed by atoms with van der Waals surface area (Å²) in [5, 5.41) is 11.4. The monoisotopic (exact) mass is 207 g/mol. The maximum atomic E-state index is 5.31. The lowest BCUT2D eigenvalue weighted by atomic mass is 10.0. The molecule has 4 nitrogen and oxygen atoms in total. The fraction of sp³-hybridized carbons (Fsp3) is 0.636. The van der Waals surface area contributed by atoms with Crippen molar-refractivity contribution >= 4 is 5.82 Å². The first-order chi connectivity index (χ1) is 7.34. The molecule has 0 saturated carbocycles. The zero-order valence-electron chi connectivity index (χ0n) is 9.07. The van der Waals surface area contributed by atoms with E-state index in [9.17, 15) is 0 Å². The largest absolute Gasteiger partial charge is 0.381 e. The Bertz CT molecular complexity index is 293. The third-order valence-corrected chi connectivity index (χ3v) is 2.71. The molecule has 1 saturated heterocycles. The minimum absolute atomic E-state index is 0.710. The summed E-state index contributed by atoms with van der Waals surface area (Å²) >= 11 is 0. The van der Waals surface area contributed by atoms with E-state index in [-0.39, 0.29) is 0 Å². The summed E-state index contributed by atoms with van der Waals surface area (Å²) in [6.45, 7) is 4.70. The second kappa shape index (κ2) is 5.07. The van der Waals surface area contributed by atoms with Gasteiger partial charge in [0.2, 0.25) is 0 Å². The van der Waals surface area contributed by atoms with Crippen LogP contribution in [-0.2, 0) is 4.74 Å². The molecule has 0 aromatic carbocycles. The Hall–Kier alpha value is -1.16. The van der Waals surface area contributed by atoms with Gasteiger partial charge in [-0.15, -0.1) is 5.10 Å². The molecule has 0 radical (unpaired) electrons. The van der Waals surface area contributed by atoms with Crippen molar-refractivity contribution in [1.29, 1.82) is 0 Å². The molecule has 1 aliphatic heterocycles. The van der Waals surface area contributed by atoms with E-state index in [4.69, 9.17) is 4.74 Å². The third kappa shape index (κ3) is 3.16. The van der Waals surface area contributed by atoms with Gasteiger partial charge in [0.15, 0.2) is 0 Å². The molecule has 0 spiro atoms. The standard InChI is InChI=1S/C11H17N3O/c1-9-2-3-11(14-13-9)12-8-10-4-6-15-7-5-10/h2-3,10H,4-8H2,1H3,(H,12,14). The molecule has 4 heteroatoms. The number of hydrogen-bond donors (Lipinski definition) is 1. The highest BCUT2D eigenvalue weighted by Crippen LogP contribution is 2.15. The number of nitrogens with one attached hydrogen (secondary N) is 1. The van der Waals surface area contributed by atoms with E-state index in [0.29, 0.717) is 5.92 Å². The van der Waals surface area contributed by atoms with Gasteiger partial charge in [-0.3, -0.25) is 0 Å². The van der Waals surface area contributed by atoms with E-state index in [1.807, 2.05) is 19.1 Å². The lowest BCUT2D eigenvalue weighted by Gasteiger charge is -2.22. The van der Waals surface area contributed by atoms with Crippen LogP contribution in [0.3, 0.4) is 0 Å². The van der Waals surface area contributed by atoms with Crippen molar-refractivity contribution in [2.24, 2.45) is 5.92 Å². The Labute approximate surface area is 90.1 Å². The molecule has 0 amide bonds. The Morgan fingerprint density at radius 3 is 2.80 bits per heavy atom. The van der Waals surface area contributed by atoms with Gasteiger partial charge in [-0.1, -0.05) is 0 Å². The summed E-state index contributed by atoms with van der Waals surface area (Å²) < 4.78 is 5.31. The van der Waals surface area contributed by atoms with Gasteiger partial charge < -0.3 is 10.1 Å². The molecule has 0 bridgehead atoms. The zero-order chi connectivity index (χ0) is 10.5. The van der Waals surface area contributed by atoms with E-state index in [1.54, 1.807) is 0 Å². The fourth-order valence-corrected chi connectivity index (χ4v) is 1.69. The van der Waals surface area contributed by atoms with E-state index in [0.717, 1.165) is 44.1 Å². The van der Waals surface area contributed by atoms with Crippen molar-refractivity contribution in [3.63, 3.8) is 0 Å². The maximum absolute atomic E-state index is 5.31. The van der Waals surface area contributed by atoms with Crippen LogP contribution in [0.4, 0.5) is 5.82 Å². The highest BCUT2D eigenvalue weighted by molar-refractivity contribution is 5.32. The lowest BCUT2D eigenvalue weighted by molar-refractivity contribution is 0.0699. The van der Waals surface area contributed by atoms with E-state index in [1.165, 1.54) is 0 Å². The number of hydrogen-bond acceptors (Lipinski definition) is 4. The Kier molecular flexibility index (Phi) is 3.50. The molecule has 0 aliphatic carbocycles. The van der Waals surface area contributed by atoms with Gasteiger partial charge in [-0.2, -0.15) is 5.10 Å². The van der Waals surface area contributed by atoms with Gasteiger partial charge in [-0.05, 0) is 37.8 Å². The smallest absolute Gasteiger partial charge is 0.148 e. The summed E-state index contributed by atoms with van der Waals surface area (Å²) in [4.78, 5) is 0. The molecule has 2 rings (SSSR count). The molecule has 15 heavy (non-hydrogen) atoms. The molecule has 2 heterocycles. The maximum Gasteiger partial charge on any atom is 0.148 e. The average molecular weight is 207 g/mol. The van der Waals surface area contributed by atoms with Crippen LogP contribution >= 0.6 is 0 Å². The Balaban J connectivity index is 1.79. The summed E-state index contributed by atoms with van der Waals surface area (Å²) in [7, 11) is 0. The number of nitrogens with zero attached hydrogens (tertiary/aromatic N) is 2. The van der Waals surface area contributed by atoms with Gasteiger partial charge in [0.25, 0.3) is 0 Å². The number of rotatable bonds is 3. The minimum atomic E-state index is 0.710. The lowest BCUT2D eigenvalue weighted by Crippen LogP contribution is -2.23. The molecular formula is C11H17N3O. The quantitative estimate of drug-likeness (QED) is 0.818. The predicted octanol–water partition coefficient (Wildman–Crippen LogP) is 1.62. The van der Waals surface area contributed by atoms with Crippen molar-refractivity contribution < 1.29 is 4.74 Å². The van der Waals surface area contributed by atoms with Crippen molar-refractivity contribution in [2.45, 2.75) is 19.8 Å². The van der Waals surface area contributed by atoms with E-state index >= 15 is 0 Å². The van der Waals surface area contributed by atoms with Crippen molar-refractivity contribution in [3.8, 4) is 0 Å². The van der Waals surface area contributed by atoms with Crippen molar-refractivity contribution in [3.05, 3.63) is 17.8 Å². The van der Waals surface area contributed by atoms with E-state index in [2.05, 4.69) is 15.5 Å². The first kappa shape index (κ1) is 10.4. The summed E-state index contributed by atoms with van der Waals surface area (Å²) in [5.74, 6) is 1.58. The average Bonchev–Trinajstić information content (AvgIpc) is 2.30. The molecule has 1 aliphatic rings. The molecule has 1 aromatic rings. The van der Waals surface area contributed by atoms with Crippen LogP contribution in [0.2, 0.25) is 0 Å². The molecular weight excluding hydrogens is 190 g/mol. The summed E-state index contributed by atoms with van der Waals surface area (Å²) in [5.41, 5.74) is 0.951. The van der Waals surface area contributed by atoms with Crippen LogP contribution in [0.1, 0.15) is 18.5 Å². The number of aromatic nitrogens is 2. The number of aryl methyl sites for hydroxylation is 1. The highest BCUT2D eigenvalue weighted by Gasteiger charge is 2.13. The second-order valence-electron chi connectivity index (χ2n) is 4.00. The van der Waals surface area contributed by atoms with Gasteiger partial charge in [0.05, 0.1) is 5.69 Å². The van der Waals surface area contributed by atoms with Crippen molar-refractivity contribution in [2.75, 3.05) is 25.1 Å². The van der Waals surface area contributed by atoms with Crippen LogP contribution < -0.4 is 5.32 Å². The van der Waals surface area contributed by atoms with Crippen LogP contribution in [0.15, 0.2) is 12.1 Å². The first-order valence-corrected chi connectivity index (χ1v) is 5.46. The number of anilines is 1. The summed E-state index contributed by atoms with van der Waals surface area (Å²) in [6, 6.07) is 3.95. The zero-order valence-corrected chi connectivity index (χ0v) is 9.07. The molecule has 0 atom stereocenters. The topological polar surface area (TPSA) is 47.0 Å². The van der Waals surface area contributed by atoms with Gasteiger partial charge in [0, 0.05) is 19.8 Å². The third-order valence-electron chi connectivity index (χ3n) is 2.71. The normalized spacial score (nSPS) is 17.7. The van der Waals surface area contributed by atoms with Crippen LogP contribution in [-0.4, -0.2) is 30.0 Å². The molecule has 0 unspecified atom stereocenters. The molecule has 1 N–H and O–H groups in total. The minimum Gasteiger partial charge on any atom is -0.381 e. The fourth-order valence-electron chi connectivity index (χ4n) is 1.69. The second-order valence-corrected chi connectivity index (χ2v) is 4.00. The summed E-state index contributed by atoms with van der Waals surface area (Å²) in [6.07, 6.45) is 2.29. The highest BCUT2D eigenvalue weighted by atomic mass is 16.5. The predicted molar refractivity (Wildman–Crippen MR) is 58.8 cm³/mol. The van der Waals surface area contributed by atoms with Gasteiger partial charge in [0.1, 0.15) is 5.82 Å². The van der Waals surface area contributed by atoms with Crippen molar-refractivity contribution in [1.82, 2.24) is 10.2 Å². The molecule has 82 valence electrons. The van der Waals surface area contributed by atoms with Gasteiger partial charge >= 0.3 is 0 Å². The van der Waals surface area contributed by atoms with Crippen LogP contribution in [0.25, 0.3) is 0 Å². The SMILES string of the molecule is Cc1ccc(NCC2CCOCC2)nn1. The molecule has 1 aromatic heterocycles. The van der Waals surface area contributed by atoms with Crippen LogP contribution in [0, 0.1) is 12.8 Å².